The van der Waals surface area contributed by atoms with Gasteiger partial charge in [0, 0.05) is 24.5 Å². The molecule has 2 aromatic rings. The van der Waals surface area contributed by atoms with Crippen LogP contribution in [-0.4, -0.2) is 45.6 Å². The van der Waals surface area contributed by atoms with Crippen LogP contribution in [0.3, 0.4) is 0 Å². The van der Waals surface area contributed by atoms with Gasteiger partial charge >= 0.3 is 12.1 Å². The summed E-state index contributed by atoms with van der Waals surface area (Å²) in [5.74, 6) is -2.75. The first kappa shape index (κ1) is 29.8. The molecule has 0 radical (unpaired) electrons. The number of carbonyl (C=O) groups excluding carboxylic acids is 1. The van der Waals surface area contributed by atoms with E-state index in [9.17, 15) is 27.9 Å². The number of carbonyl (C=O) groups is 2. The molecular weight excluding hydrogens is 536 g/mol. The Hall–Kier alpha value is -3.72. The molecule has 1 aliphatic rings. The number of carboxylic acid groups (broad SMARTS) is 1. The lowest BCUT2D eigenvalue weighted by molar-refractivity contribution is -0.141. The van der Waals surface area contributed by atoms with E-state index in [1.807, 2.05) is 0 Å². The predicted molar refractivity (Wildman–Crippen MR) is 142 cm³/mol. The van der Waals surface area contributed by atoms with Gasteiger partial charge in [-0.1, -0.05) is 19.3 Å². The number of aliphatic carboxylic acids is 1. The number of rotatable bonds is 6. The molecule has 39 heavy (non-hydrogen) atoms. The number of amides is 1. The van der Waals surface area contributed by atoms with Gasteiger partial charge in [-0.15, -0.1) is 0 Å². The molecule has 0 unspecified atom stereocenters. The van der Waals surface area contributed by atoms with Crippen molar-refractivity contribution < 1.29 is 32.3 Å². The molecule has 1 fully saturated rings. The normalized spacial score (nSPS) is 14.3. The van der Waals surface area contributed by atoms with Crippen LogP contribution in [0.15, 0.2) is 36.4 Å². The van der Waals surface area contributed by atoms with Crippen molar-refractivity contribution in [1.29, 1.82) is 5.26 Å². The van der Waals surface area contributed by atoms with Crippen LogP contribution in [0.4, 0.5) is 28.9 Å². The first-order valence-electron chi connectivity index (χ1n) is 12.2. The van der Waals surface area contributed by atoms with E-state index in [1.165, 1.54) is 43.0 Å². The number of halogens is 4. The maximum atomic E-state index is 15.3. The molecule has 0 saturated heterocycles. The van der Waals surface area contributed by atoms with Crippen LogP contribution < -0.4 is 10.2 Å². The highest BCUT2D eigenvalue weighted by Gasteiger charge is 2.39. The van der Waals surface area contributed by atoms with Gasteiger partial charge in [-0.3, -0.25) is 4.79 Å². The topological polar surface area (TPSA) is 96.7 Å². The second-order valence-electron chi connectivity index (χ2n) is 9.87. The first-order valence-corrected chi connectivity index (χ1v) is 12.6. The second-order valence-corrected chi connectivity index (χ2v) is 10.3. The molecule has 0 bridgehead atoms. The molecule has 0 aromatic heterocycles. The van der Waals surface area contributed by atoms with Crippen LogP contribution in [-0.2, 0) is 11.0 Å². The van der Waals surface area contributed by atoms with Crippen LogP contribution in [0.5, 0.6) is 0 Å². The summed E-state index contributed by atoms with van der Waals surface area (Å²) in [6.07, 6.45) is -0.110. The maximum Gasteiger partial charge on any atom is 0.417 e. The molecule has 0 spiro atoms. The summed E-state index contributed by atoms with van der Waals surface area (Å²) in [6.45, 7) is 2.58. The average molecular weight is 565 g/mol. The lowest BCUT2D eigenvalue weighted by Gasteiger charge is -2.37. The van der Waals surface area contributed by atoms with Gasteiger partial charge in [-0.25, -0.2) is 9.18 Å². The van der Waals surface area contributed by atoms with Gasteiger partial charge in [0.2, 0.25) is 0 Å². The molecule has 2 N–H and O–H groups in total. The molecule has 1 aliphatic carbocycles. The van der Waals surface area contributed by atoms with Crippen LogP contribution in [0.2, 0.25) is 0 Å². The third kappa shape index (κ3) is 6.47. The number of hydrogen-bond acceptors (Lipinski definition) is 4. The monoisotopic (exact) mass is 564 g/mol. The van der Waals surface area contributed by atoms with Gasteiger partial charge < -0.3 is 20.2 Å². The van der Waals surface area contributed by atoms with Crippen molar-refractivity contribution in [2.24, 2.45) is 0 Å². The summed E-state index contributed by atoms with van der Waals surface area (Å²) in [6, 6.07) is 7.86. The van der Waals surface area contributed by atoms with Crippen LogP contribution in [0.25, 0.3) is 0 Å². The molecule has 12 heteroatoms. The van der Waals surface area contributed by atoms with E-state index in [2.05, 4.69) is 5.32 Å². The van der Waals surface area contributed by atoms with E-state index >= 15 is 4.39 Å². The van der Waals surface area contributed by atoms with E-state index < -0.39 is 40.5 Å². The summed E-state index contributed by atoms with van der Waals surface area (Å²) in [5, 5.41) is 21.1. The molecule has 1 saturated carbocycles. The fraction of sp³-hybridized carbons (Fsp3) is 0.407. The molecular formula is C27H28F4N4O3S. The summed E-state index contributed by atoms with van der Waals surface area (Å²) in [7, 11) is 1.62. The molecule has 2 aromatic carbocycles. The molecule has 0 atom stereocenters. The van der Waals surface area contributed by atoms with Crippen molar-refractivity contribution in [2.75, 3.05) is 17.3 Å². The first-order chi connectivity index (χ1) is 18.2. The minimum atomic E-state index is -4.82. The van der Waals surface area contributed by atoms with Gasteiger partial charge in [-0.2, -0.15) is 18.4 Å². The van der Waals surface area contributed by atoms with Crippen LogP contribution in [0.1, 0.15) is 67.4 Å². The van der Waals surface area contributed by atoms with Crippen molar-refractivity contribution in [2.45, 2.75) is 63.7 Å². The van der Waals surface area contributed by atoms with Gasteiger partial charge in [0.1, 0.15) is 11.4 Å². The Labute approximate surface area is 229 Å². The van der Waals surface area contributed by atoms with Gasteiger partial charge in [0.05, 0.1) is 22.8 Å². The Kier molecular flexibility index (Phi) is 8.85. The van der Waals surface area contributed by atoms with Crippen molar-refractivity contribution in [3.8, 4) is 6.07 Å². The van der Waals surface area contributed by atoms with Crippen molar-refractivity contribution >= 4 is 40.6 Å². The summed E-state index contributed by atoms with van der Waals surface area (Å²) < 4.78 is 55.6. The Balaban J connectivity index is 1.96. The molecule has 0 aliphatic heterocycles. The quantitative estimate of drug-likeness (QED) is 0.319. The number of benzene rings is 2. The van der Waals surface area contributed by atoms with Crippen molar-refractivity contribution in [3.63, 3.8) is 0 Å². The SMILES string of the molecule is CN(C(=O)c1ccc(N(C(=S)Nc2ccc(C#N)c(C(F)(F)F)c2)C(C)(C)C(=O)O)cc1F)C1CCCCC1. The molecule has 3 rings (SSSR count). The van der Waals surface area contributed by atoms with E-state index in [0.29, 0.717) is 6.07 Å². The molecule has 0 heterocycles. The summed E-state index contributed by atoms with van der Waals surface area (Å²) in [5.41, 5.74) is -3.95. The zero-order valence-electron chi connectivity index (χ0n) is 21.6. The number of carboxylic acids is 1. The summed E-state index contributed by atoms with van der Waals surface area (Å²) >= 11 is 5.37. The number of hydrogen-bond donors (Lipinski definition) is 2. The predicted octanol–water partition coefficient (Wildman–Crippen LogP) is 6.19. The Bertz CT molecular complexity index is 1320. The number of thiocarbonyl (C=S) groups is 1. The zero-order chi connectivity index (χ0) is 29.1. The fourth-order valence-electron chi connectivity index (χ4n) is 4.56. The summed E-state index contributed by atoms with van der Waals surface area (Å²) in [4.78, 5) is 27.7. The van der Waals surface area contributed by atoms with E-state index in [1.54, 1.807) is 7.05 Å². The van der Waals surface area contributed by atoms with Crippen molar-refractivity contribution in [3.05, 3.63) is 58.9 Å². The highest BCUT2D eigenvalue weighted by Crippen LogP contribution is 2.34. The van der Waals surface area contributed by atoms with E-state index in [-0.39, 0.29) is 28.1 Å². The average Bonchev–Trinajstić information content (AvgIpc) is 2.87. The molecule has 208 valence electrons. The smallest absolute Gasteiger partial charge is 0.417 e. The van der Waals surface area contributed by atoms with Crippen LogP contribution >= 0.6 is 12.2 Å². The lowest BCUT2D eigenvalue weighted by atomic mass is 9.94. The number of nitrogens with one attached hydrogen (secondary N) is 1. The highest BCUT2D eigenvalue weighted by molar-refractivity contribution is 7.80. The standard InChI is InChI=1S/C27H28F4N4O3S/c1-26(2,24(37)38)35(25(39)33-17-10-9-16(15-32)21(13-17)27(29,30)31)19-11-12-20(22(28)14-19)23(36)34(3)18-7-5-4-6-8-18/h9-14,18H,4-8H2,1-3H3,(H,33,39)(H,37,38). The van der Waals surface area contributed by atoms with Gasteiger partial charge in [-0.05, 0) is 75.3 Å². The Morgan fingerprint density at radius 3 is 2.28 bits per heavy atom. The van der Waals surface area contributed by atoms with Gasteiger partial charge in [0.25, 0.3) is 5.91 Å². The Morgan fingerprint density at radius 1 is 1.10 bits per heavy atom. The third-order valence-electron chi connectivity index (χ3n) is 6.87. The largest absolute Gasteiger partial charge is 0.480 e. The minimum Gasteiger partial charge on any atom is -0.480 e. The zero-order valence-corrected chi connectivity index (χ0v) is 22.4. The number of anilines is 2. The number of nitrogens with zero attached hydrogens (tertiary/aromatic N) is 3. The lowest BCUT2D eigenvalue weighted by Crippen LogP contribution is -2.55. The minimum absolute atomic E-state index is 0.00134. The van der Waals surface area contributed by atoms with E-state index in [4.69, 9.17) is 17.5 Å². The molecule has 1 amide bonds. The number of nitriles is 1. The van der Waals surface area contributed by atoms with Gasteiger partial charge in [0.15, 0.2) is 5.11 Å². The van der Waals surface area contributed by atoms with Crippen molar-refractivity contribution in [1.82, 2.24) is 4.90 Å². The highest BCUT2D eigenvalue weighted by atomic mass is 32.1. The fourth-order valence-corrected chi connectivity index (χ4v) is 5.02. The number of alkyl halides is 3. The third-order valence-corrected chi connectivity index (χ3v) is 7.15. The second kappa shape index (κ2) is 11.6. The molecule has 7 nitrogen and oxygen atoms in total. The maximum absolute atomic E-state index is 15.3. The van der Waals surface area contributed by atoms with E-state index in [0.717, 1.165) is 49.1 Å². The Morgan fingerprint density at radius 2 is 1.74 bits per heavy atom. The van der Waals surface area contributed by atoms with Crippen LogP contribution in [0, 0.1) is 17.1 Å².